The van der Waals surface area contributed by atoms with Crippen molar-refractivity contribution in [2.45, 2.75) is 38.1 Å². The normalized spacial score (nSPS) is 16.7. The molecule has 0 bridgehead atoms. The van der Waals surface area contributed by atoms with Gasteiger partial charge in [-0.3, -0.25) is 10.1 Å². The molecule has 0 unspecified atom stereocenters. The number of carbonyl (C=O) groups is 1. The monoisotopic (exact) mass is 326 g/mol. The van der Waals surface area contributed by atoms with Crippen molar-refractivity contribution in [1.82, 2.24) is 10.6 Å². The first-order chi connectivity index (χ1) is 11.8. The molecule has 4 heteroatoms. The number of amides is 1. The summed E-state index contributed by atoms with van der Waals surface area (Å²) in [5, 5.41) is 6.39. The largest absolute Gasteiger partial charge is 0.467 e. The van der Waals surface area contributed by atoms with E-state index in [1.165, 1.54) is 32.1 Å². The predicted molar refractivity (Wildman–Crippen MR) is 94.6 cm³/mol. The van der Waals surface area contributed by atoms with E-state index in [2.05, 4.69) is 10.6 Å². The molecule has 2 aromatic rings. The molecule has 4 nitrogen and oxygen atoms in total. The van der Waals surface area contributed by atoms with Crippen LogP contribution < -0.4 is 10.6 Å². The van der Waals surface area contributed by atoms with Crippen molar-refractivity contribution in [2.24, 2.45) is 5.92 Å². The molecule has 0 radical (unpaired) electrons. The van der Waals surface area contributed by atoms with Crippen LogP contribution in [-0.2, 0) is 4.79 Å². The average molecular weight is 326 g/mol. The Labute approximate surface area is 143 Å². The zero-order valence-corrected chi connectivity index (χ0v) is 14.0. The Kier molecular flexibility index (Phi) is 6.07. The van der Waals surface area contributed by atoms with Gasteiger partial charge in [0, 0.05) is 6.54 Å². The summed E-state index contributed by atoms with van der Waals surface area (Å²) in [6, 6.07) is 13.8. The van der Waals surface area contributed by atoms with Crippen molar-refractivity contribution < 1.29 is 9.21 Å². The summed E-state index contributed by atoms with van der Waals surface area (Å²) in [6.07, 6.45) is 8.09. The van der Waals surface area contributed by atoms with Crippen molar-refractivity contribution in [3.05, 3.63) is 60.1 Å². The molecule has 1 heterocycles. The highest BCUT2D eigenvalue weighted by molar-refractivity contribution is 5.78. The molecular weight excluding hydrogens is 300 g/mol. The van der Waals surface area contributed by atoms with Crippen LogP contribution in [0.15, 0.2) is 53.1 Å². The van der Waals surface area contributed by atoms with Crippen molar-refractivity contribution in [3.8, 4) is 0 Å². The van der Waals surface area contributed by atoms with E-state index in [9.17, 15) is 4.79 Å². The number of hydrogen-bond donors (Lipinski definition) is 2. The highest BCUT2D eigenvalue weighted by Gasteiger charge is 2.18. The Morgan fingerprint density at radius 3 is 2.58 bits per heavy atom. The van der Waals surface area contributed by atoms with E-state index in [4.69, 9.17) is 4.42 Å². The molecule has 1 fully saturated rings. The lowest BCUT2D eigenvalue weighted by Gasteiger charge is -2.22. The van der Waals surface area contributed by atoms with Crippen LogP contribution in [0.25, 0.3) is 0 Å². The molecule has 2 N–H and O–H groups in total. The van der Waals surface area contributed by atoms with Crippen LogP contribution in [0, 0.1) is 5.92 Å². The summed E-state index contributed by atoms with van der Waals surface area (Å²) >= 11 is 0. The van der Waals surface area contributed by atoms with Gasteiger partial charge in [0.2, 0.25) is 5.91 Å². The van der Waals surface area contributed by atoms with Crippen LogP contribution >= 0.6 is 0 Å². The summed E-state index contributed by atoms with van der Waals surface area (Å²) in [4.78, 5) is 12.2. The highest BCUT2D eigenvalue weighted by Crippen LogP contribution is 2.23. The van der Waals surface area contributed by atoms with E-state index >= 15 is 0 Å². The molecule has 1 amide bonds. The smallest absolute Gasteiger partial charge is 0.233 e. The van der Waals surface area contributed by atoms with Crippen molar-refractivity contribution in [1.29, 1.82) is 0 Å². The second kappa shape index (κ2) is 8.69. The van der Waals surface area contributed by atoms with Gasteiger partial charge in [0.15, 0.2) is 0 Å². The third-order valence-corrected chi connectivity index (χ3v) is 4.74. The van der Waals surface area contributed by atoms with Gasteiger partial charge in [-0.05, 0) is 36.5 Å². The first-order valence-corrected chi connectivity index (χ1v) is 8.91. The molecule has 128 valence electrons. The third kappa shape index (κ3) is 4.71. The maximum absolute atomic E-state index is 12.2. The fraction of sp³-hybridized carbons (Fsp3) is 0.450. The van der Waals surface area contributed by atoms with Crippen molar-refractivity contribution >= 4 is 5.91 Å². The molecule has 1 atom stereocenters. The number of nitrogens with one attached hydrogen (secondary N) is 2. The molecule has 0 aliphatic heterocycles. The fourth-order valence-corrected chi connectivity index (χ4v) is 3.39. The van der Waals surface area contributed by atoms with Gasteiger partial charge in [-0.15, -0.1) is 0 Å². The lowest BCUT2D eigenvalue weighted by atomic mass is 9.89. The number of carbonyl (C=O) groups excluding carboxylic acids is 1. The number of hydrogen-bond acceptors (Lipinski definition) is 3. The van der Waals surface area contributed by atoms with E-state index < -0.39 is 0 Å². The first kappa shape index (κ1) is 16.8. The maximum Gasteiger partial charge on any atom is 0.233 e. The molecule has 1 aromatic carbocycles. The molecule has 0 spiro atoms. The van der Waals surface area contributed by atoms with E-state index in [-0.39, 0.29) is 18.5 Å². The summed E-state index contributed by atoms with van der Waals surface area (Å²) in [5.74, 6) is 1.52. The summed E-state index contributed by atoms with van der Waals surface area (Å²) in [5.41, 5.74) is 1.09. The molecule has 0 saturated heterocycles. The van der Waals surface area contributed by atoms with Crippen LogP contribution in [-0.4, -0.2) is 19.0 Å². The van der Waals surface area contributed by atoms with E-state index in [0.717, 1.165) is 17.9 Å². The Bertz CT molecular complexity index is 604. The van der Waals surface area contributed by atoms with Crippen LogP contribution in [0.1, 0.15) is 49.5 Å². The van der Waals surface area contributed by atoms with Crippen LogP contribution in [0.5, 0.6) is 0 Å². The van der Waals surface area contributed by atoms with Crippen molar-refractivity contribution in [3.63, 3.8) is 0 Å². The van der Waals surface area contributed by atoms with E-state index in [1.54, 1.807) is 6.26 Å². The molecule has 1 aliphatic carbocycles. The standard InChI is InChI=1S/C20H26N2O2/c23-19(21-14-16-8-3-1-4-9-16)15-22-20(18-12-7-13-24-18)17-10-5-2-6-11-17/h2,5-7,10-13,16,20,22H,1,3-4,8-9,14-15H2,(H,21,23)/t20-/m1/s1. The van der Waals surface area contributed by atoms with Gasteiger partial charge in [-0.2, -0.15) is 0 Å². The highest BCUT2D eigenvalue weighted by atomic mass is 16.3. The minimum absolute atomic E-state index is 0.0491. The number of rotatable bonds is 7. The van der Waals surface area contributed by atoms with Gasteiger partial charge in [0.25, 0.3) is 0 Å². The Balaban J connectivity index is 1.52. The molecule has 1 aromatic heterocycles. The maximum atomic E-state index is 12.2. The first-order valence-electron chi connectivity index (χ1n) is 8.91. The quantitative estimate of drug-likeness (QED) is 0.816. The van der Waals surface area contributed by atoms with Gasteiger partial charge in [0.1, 0.15) is 5.76 Å². The summed E-state index contributed by atoms with van der Waals surface area (Å²) < 4.78 is 5.54. The number of benzene rings is 1. The van der Waals surface area contributed by atoms with Crippen molar-refractivity contribution in [2.75, 3.05) is 13.1 Å². The second-order valence-corrected chi connectivity index (χ2v) is 6.55. The molecule has 24 heavy (non-hydrogen) atoms. The van der Waals surface area contributed by atoms with E-state index in [1.807, 2.05) is 42.5 Å². The second-order valence-electron chi connectivity index (χ2n) is 6.55. The SMILES string of the molecule is O=C(CN[C@H](c1ccccc1)c1ccco1)NCC1CCCCC1. The molecule has 1 saturated carbocycles. The van der Waals surface area contributed by atoms with Gasteiger partial charge in [0.05, 0.1) is 18.8 Å². The summed E-state index contributed by atoms with van der Waals surface area (Å²) in [6.45, 7) is 1.09. The Morgan fingerprint density at radius 1 is 1.08 bits per heavy atom. The molecule has 3 rings (SSSR count). The molecular formula is C20H26N2O2. The van der Waals surface area contributed by atoms with E-state index in [0.29, 0.717) is 5.92 Å². The fourth-order valence-electron chi connectivity index (χ4n) is 3.39. The number of furan rings is 1. The van der Waals surface area contributed by atoms with Gasteiger partial charge < -0.3 is 9.73 Å². The van der Waals surface area contributed by atoms with Gasteiger partial charge in [-0.25, -0.2) is 0 Å². The van der Waals surface area contributed by atoms with Crippen LogP contribution in [0.2, 0.25) is 0 Å². The summed E-state index contributed by atoms with van der Waals surface area (Å²) in [7, 11) is 0. The lowest BCUT2D eigenvalue weighted by molar-refractivity contribution is -0.120. The minimum atomic E-state index is -0.110. The average Bonchev–Trinajstić information content (AvgIpc) is 3.16. The Hall–Kier alpha value is -2.07. The van der Waals surface area contributed by atoms with Crippen LogP contribution in [0.4, 0.5) is 0 Å². The Morgan fingerprint density at radius 2 is 1.88 bits per heavy atom. The van der Waals surface area contributed by atoms with Crippen LogP contribution in [0.3, 0.4) is 0 Å². The lowest BCUT2D eigenvalue weighted by Crippen LogP contribution is -2.38. The third-order valence-electron chi connectivity index (χ3n) is 4.74. The predicted octanol–water partition coefficient (Wildman–Crippen LogP) is 3.66. The van der Waals surface area contributed by atoms with Gasteiger partial charge in [-0.1, -0.05) is 49.6 Å². The topological polar surface area (TPSA) is 54.3 Å². The zero-order valence-electron chi connectivity index (χ0n) is 14.0. The minimum Gasteiger partial charge on any atom is -0.467 e. The zero-order chi connectivity index (χ0) is 16.6. The van der Waals surface area contributed by atoms with Gasteiger partial charge >= 0.3 is 0 Å². The molecule has 1 aliphatic rings.